The molecule has 0 atom stereocenters. The number of halogens is 1. The maximum atomic E-state index is 5.65. The van der Waals surface area contributed by atoms with Crippen molar-refractivity contribution in [2.75, 3.05) is 26.5 Å². The third-order valence-electron chi connectivity index (χ3n) is 3.88. The summed E-state index contributed by atoms with van der Waals surface area (Å²) in [4.78, 5) is 8.61. The fourth-order valence-electron chi connectivity index (χ4n) is 1.86. The quantitative estimate of drug-likeness (QED) is 0.351. The van der Waals surface area contributed by atoms with Gasteiger partial charge in [0.25, 0.3) is 0 Å². The van der Waals surface area contributed by atoms with Gasteiger partial charge in [0.1, 0.15) is 0 Å². The lowest BCUT2D eigenvalue weighted by atomic mass is 10.2. The Morgan fingerprint density at radius 1 is 1.38 bits per heavy atom. The second-order valence-electron chi connectivity index (χ2n) is 6.50. The molecule has 0 aromatic carbocycles. The molecule has 5 nitrogen and oxygen atoms in total. The highest BCUT2D eigenvalue weighted by atomic mass is 127. The van der Waals surface area contributed by atoms with Crippen molar-refractivity contribution in [3.8, 4) is 5.88 Å². The molecule has 136 valence electrons. The van der Waals surface area contributed by atoms with Crippen LogP contribution >= 0.6 is 35.7 Å². The molecule has 0 aliphatic heterocycles. The minimum atomic E-state index is 0. The normalized spacial score (nSPS) is 14.8. The van der Waals surface area contributed by atoms with Crippen molar-refractivity contribution in [2.24, 2.45) is 10.9 Å². The Bertz CT molecular complexity index is 518. The number of ether oxygens (including phenoxy) is 1. The van der Waals surface area contributed by atoms with Crippen LogP contribution in [-0.4, -0.2) is 42.1 Å². The van der Waals surface area contributed by atoms with Gasteiger partial charge in [0, 0.05) is 37.1 Å². The van der Waals surface area contributed by atoms with E-state index >= 15 is 0 Å². The number of rotatable bonds is 8. The Morgan fingerprint density at radius 3 is 2.67 bits per heavy atom. The molecule has 0 amide bonds. The van der Waals surface area contributed by atoms with Crippen LogP contribution in [0.25, 0.3) is 0 Å². The summed E-state index contributed by atoms with van der Waals surface area (Å²) < 4.78 is 5.83. The van der Waals surface area contributed by atoms with Gasteiger partial charge in [-0.1, -0.05) is 6.07 Å². The molecule has 1 aliphatic rings. The second kappa shape index (κ2) is 10.3. The average Bonchev–Trinajstić information content (AvgIpc) is 3.38. The molecule has 24 heavy (non-hydrogen) atoms. The summed E-state index contributed by atoms with van der Waals surface area (Å²) in [6.07, 6.45) is 6.56. The van der Waals surface area contributed by atoms with E-state index in [9.17, 15) is 0 Å². The van der Waals surface area contributed by atoms with E-state index in [1.165, 1.54) is 12.8 Å². The lowest BCUT2D eigenvalue weighted by molar-refractivity contribution is 0.288. The summed E-state index contributed by atoms with van der Waals surface area (Å²) >= 11 is 1.84. The Hall–Kier alpha value is -0.700. The first-order valence-corrected chi connectivity index (χ1v) is 9.32. The highest BCUT2D eigenvalue weighted by molar-refractivity contribution is 14.0. The number of guanidine groups is 1. The maximum absolute atomic E-state index is 5.65. The minimum Gasteiger partial charge on any atom is -0.477 e. The fourth-order valence-corrected chi connectivity index (χ4v) is 2.08. The first-order chi connectivity index (χ1) is 11.0. The fraction of sp³-hybridized carbons (Fsp3) is 0.647. The Morgan fingerprint density at radius 2 is 2.12 bits per heavy atom. The van der Waals surface area contributed by atoms with Crippen molar-refractivity contribution in [3.05, 3.63) is 23.9 Å². The predicted molar refractivity (Wildman–Crippen MR) is 114 cm³/mol. The SMILES string of the molecule is CN=C(NCc1ccc(OCC2CC2)nc1)NCC(C)(C)SC.I. The van der Waals surface area contributed by atoms with Gasteiger partial charge >= 0.3 is 0 Å². The lowest BCUT2D eigenvalue weighted by Crippen LogP contribution is -2.42. The number of nitrogens with one attached hydrogen (secondary N) is 2. The van der Waals surface area contributed by atoms with E-state index in [4.69, 9.17) is 4.74 Å². The molecule has 1 aromatic heterocycles. The molecular formula is C17H29IN4OS. The summed E-state index contributed by atoms with van der Waals surface area (Å²) in [5, 5.41) is 6.67. The summed E-state index contributed by atoms with van der Waals surface area (Å²) in [7, 11) is 1.79. The summed E-state index contributed by atoms with van der Waals surface area (Å²) in [6.45, 7) is 6.77. The number of thioether (sulfide) groups is 1. The van der Waals surface area contributed by atoms with Gasteiger partial charge in [0.15, 0.2) is 5.96 Å². The zero-order valence-corrected chi connectivity index (χ0v) is 18.1. The molecule has 1 fully saturated rings. The standard InChI is InChI=1S/C17H28N4OS.HI/c1-17(2,23-4)12-21-16(18-3)20-10-14-7-8-15(19-9-14)22-11-13-5-6-13;/h7-9,13H,5-6,10-12H2,1-4H3,(H2,18,20,21);1H. The van der Waals surface area contributed by atoms with Gasteiger partial charge in [0.05, 0.1) is 6.61 Å². The van der Waals surface area contributed by atoms with Crippen LogP contribution in [0.15, 0.2) is 23.3 Å². The zero-order chi connectivity index (χ0) is 16.7. The van der Waals surface area contributed by atoms with Crippen LogP contribution in [0, 0.1) is 5.92 Å². The molecule has 0 radical (unpaired) electrons. The topological polar surface area (TPSA) is 58.5 Å². The number of aromatic nitrogens is 1. The van der Waals surface area contributed by atoms with Crippen molar-refractivity contribution in [1.82, 2.24) is 15.6 Å². The number of nitrogens with zero attached hydrogens (tertiary/aromatic N) is 2. The number of aliphatic imine (C=N–C) groups is 1. The summed E-state index contributed by atoms with van der Waals surface area (Å²) in [5.74, 6) is 2.27. The summed E-state index contributed by atoms with van der Waals surface area (Å²) in [6, 6.07) is 3.98. The molecule has 1 heterocycles. The molecule has 0 unspecified atom stereocenters. The Kier molecular flexibility index (Phi) is 9.18. The Balaban J connectivity index is 0.00000288. The van der Waals surface area contributed by atoms with Gasteiger partial charge in [-0.3, -0.25) is 4.99 Å². The number of pyridine rings is 1. The van der Waals surface area contributed by atoms with Crippen LogP contribution < -0.4 is 15.4 Å². The molecule has 0 saturated heterocycles. The molecule has 2 N–H and O–H groups in total. The molecule has 2 rings (SSSR count). The van der Waals surface area contributed by atoms with Crippen LogP contribution in [0.4, 0.5) is 0 Å². The smallest absolute Gasteiger partial charge is 0.213 e. The predicted octanol–water partition coefficient (Wildman–Crippen LogP) is 3.30. The third kappa shape index (κ3) is 7.92. The monoisotopic (exact) mass is 464 g/mol. The van der Waals surface area contributed by atoms with Crippen LogP contribution in [0.2, 0.25) is 0 Å². The van der Waals surface area contributed by atoms with E-state index in [1.807, 2.05) is 30.1 Å². The molecule has 0 spiro atoms. The van der Waals surface area contributed by atoms with Gasteiger partial charge in [-0.05, 0) is 44.4 Å². The van der Waals surface area contributed by atoms with Crippen molar-refractivity contribution in [3.63, 3.8) is 0 Å². The second-order valence-corrected chi connectivity index (χ2v) is 8.02. The van der Waals surface area contributed by atoms with Gasteiger partial charge < -0.3 is 15.4 Å². The number of hydrogen-bond acceptors (Lipinski definition) is 4. The van der Waals surface area contributed by atoms with Crippen molar-refractivity contribution in [1.29, 1.82) is 0 Å². The minimum absolute atomic E-state index is 0. The van der Waals surface area contributed by atoms with Crippen molar-refractivity contribution < 1.29 is 4.74 Å². The van der Waals surface area contributed by atoms with Gasteiger partial charge in [-0.15, -0.1) is 24.0 Å². The molecule has 1 aromatic rings. The van der Waals surface area contributed by atoms with E-state index in [0.29, 0.717) is 12.4 Å². The van der Waals surface area contributed by atoms with E-state index in [0.717, 1.165) is 30.6 Å². The highest BCUT2D eigenvalue weighted by Gasteiger charge is 2.22. The third-order valence-corrected chi connectivity index (χ3v) is 5.13. The molecule has 1 saturated carbocycles. The van der Waals surface area contributed by atoms with E-state index in [-0.39, 0.29) is 28.7 Å². The van der Waals surface area contributed by atoms with E-state index in [1.54, 1.807) is 7.05 Å². The van der Waals surface area contributed by atoms with Gasteiger partial charge in [-0.2, -0.15) is 11.8 Å². The highest BCUT2D eigenvalue weighted by Crippen LogP contribution is 2.29. The maximum Gasteiger partial charge on any atom is 0.213 e. The zero-order valence-electron chi connectivity index (χ0n) is 15.0. The largest absolute Gasteiger partial charge is 0.477 e. The molecule has 0 bridgehead atoms. The van der Waals surface area contributed by atoms with E-state index in [2.05, 4.69) is 40.7 Å². The Labute approximate surface area is 166 Å². The first kappa shape index (κ1) is 21.3. The summed E-state index contributed by atoms with van der Waals surface area (Å²) in [5.41, 5.74) is 1.11. The van der Waals surface area contributed by atoms with Crippen LogP contribution in [-0.2, 0) is 6.54 Å². The lowest BCUT2D eigenvalue weighted by Gasteiger charge is -2.23. The van der Waals surface area contributed by atoms with E-state index < -0.39 is 0 Å². The molecular weight excluding hydrogens is 435 g/mol. The van der Waals surface area contributed by atoms with Crippen molar-refractivity contribution >= 4 is 41.7 Å². The van der Waals surface area contributed by atoms with Crippen molar-refractivity contribution in [2.45, 2.75) is 38.0 Å². The molecule has 1 aliphatic carbocycles. The molecule has 7 heteroatoms. The average molecular weight is 464 g/mol. The van der Waals surface area contributed by atoms with Gasteiger partial charge in [0.2, 0.25) is 5.88 Å². The van der Waals surface area contributed by atoms with Crippen LogP contribution in [0.5, 0.6) is 5.88 Å². The first-order valence-electron chi connectivity index (χ1n) is 8.10. The van der Waals surface area contributed by atoms with Crippen LogP contribution in [0.3, 0.4) is 0 Å². The van der Waals surface area contributed by atoms with Gasteiger partial charge in [-0.25, -0.2) is 4.98 Å². The number of hydrogen-bond donors (Lipinski definition) is 2. The van der Waals surface area contributed by atoms with Crippen LogP contribution in [0.1, 0.15) is 32.3 Å².